The third-order valence-corrected chi connectivity index (χ3v) is 4.64. The molecular formula is C9H17N3O3S. The van der Waals surface area contributed by atoms with Gasteiger partial charge in [-0.2, -0.15) is 12.7 Å². The summed E-state index contributed by atoms with van der Waals surface area (Å²) >= 11 is 0. The Bertz CT molecular complexity index is 377. The summed E-state index contributed by atoms with van der Waals surface area (Å²) in [5, 5.41) is 3.07. The number of Topliss-reactive ketones (excluding diaryl/α,β-unsaturated/α-hetero) is 1. The highest BCUT2D eigenvalue weighted by Gasteiger charge is 2.42. The molecule has 1 unspecified atom stereocenters. The van der Waals surface area contributed by atoms with Gasteiger partial charge in [0.25, 0.3) is 10.2 Å². The fraction of sp³-hybridized carbons (Fsp3) is 0.889. The van der Waals surface area contributed by atoms with Crippen LogP contribution in [0.25, 0.3) is 0 Å². The van der Waals surface area contributed by atoms with Gasteiger partial charge in [-0.05, 0) is 12.8 Å². The second-order valence-electron chi connectivity index (χ2n) is 4.22. The van der Waals surface area contributed by atoms with Gasteiger partial charge in [-0.25, -0.2) is 4.72 Å². The lowest BCUT2D eigenvalue weighted by molar-refractivity contribution is -0.124. The Morgan fingerprint density at radius 3 is 2.69 bits per heavy atom. The van der Waals surface area contributed by atoms with E-state index in [1.165, 1.54) is 11.4 Å². The van der Waals surface area contributed by atoms with Gasteiger partial charge in [0.15, 0.2) is 5.78 Å². The molecule has 92 valence electrons. The summed E-state index contributed by atoms with van der Waals surface area (Å²) in [5.41, 5.74) is 0. The average molecular weight is 247 g/mol. The van der Waals surface area contributed by atoms with Crippen molar-refractivity contribution in [2.75, 3.05) is 26.7 Å². The van der Waals surface area contributed by atoms with Crippen LogP contribution < -0.4 is 10.0 Å². The van der Waals surface area contributed by atoms with Crippen molar-refractivity contribution in [1.29, 1.82) is 0 Å². The lowest BCUT2D eigenvalue weighted by Gasteiger charge is -2.33. The van der Waals surface area contributed by atoms with E-state index >= 15 is 0 Å². The highest BCUT2D eigenvalue weighted by molar-refractivity contribution is 7.87. The third kappa shape index (κ3) is 2.27. The van der Waals surface area contributed by atoms with E-state index in [0.717, 1.165) is 12.8 Å². The Morgan fingerprint density at radius 2 is 2.12 bits per heavy atom. The predicted molar refractivity (Wildman–Crippen MR) is 59.1 cm³/mol. The number of nitrogens with one attached hydrogen (secondary N) is 2. The summed E-state index contributed by atoms with van der Waals surface area (Å²) in [4.78, 5) is 12.0. The zero-order valence-electron chi connectivity index (χ0n) is 9.27. The van der Waals surface area contributed by atoms with Gasteiger partial charge in [0.05, 0.1) is 6.04 Å². The lowest BCUT2D eigenvalue weighted by atomic mass is 10.1. The highest BCUT2D eigenvalue weighted by atomic mass is 32.2. The first-order chi connectivity index (χ1) is 7.56. The molecule has 6 nitrogen and oxygen atoms in total. The molecule has 0 aromatic carbocycles. The molecule has 1 atom stereocenters. The average Bonchev–Trinajstić information content (AvgIpc) is 3.12. The molecule has 2 aliphatic rings. The minimum absolute atomic E-state index is 0.0611. The molecule has 0 amide bonds. The Labute approximate surface area is 95.6 Å². The van der Waals surface area contributed by atoms with E-state index < -0.39 is 16.3 Å². The van der Waals surface area contributed by atoms with E-state index in [4.69, 9.17) is 0 Å². The standard InChI is InChI=1S/C9H17N3O3S/c1-10-16(14,15)12-5-4-11-6-8(12)9(13)7-2-3-7/h7-8,10-11H,2-6H2,1H3. The Balaban J connectivity index is 2.16. The summed E-state index contributed by atoms with van der Waals surface area (Å²) in [6.45, 7) is 1.37. The van der Waals surface area contributed by atoms with Crippen LogP contribution in [0, 0.1) is 5.92 Å². The molecule has 2 N–H and O–H groups in total. The van der Waals surface area contributed by atoms with Gasteiger partial charge in [-0.1, -0.05) is 0 Å². The number of carbonyl (C=O) groups excluding carboxylic acids is 1. The molecule has 1 heterocycles. The smallest absolute Gasteiger partial charge is 0.279 e. The molecule has 7 heteroatoms. The van der Waals surface area contributed by atoms with E-state index in [1.54, 1.807) is 0 Å². The van der Waals surface area contributed by atoms with Crippen LogP contribution >= 0.6 is 0 Å². The second kappa shape index (κ2) is 4.40. The fourth-order valence-electron chi connectivity index (χ4n) is 1.97. The molecule has 0 radical (unpaired) electrons. The number of piperazine rings is 1. The number of nitrogens with zero attached hydrogens (tertiary/aromatic N) is 1. The molecule has 1 aliphatic carbocycles. The zero-order valence-corrected chi connectivity index (χ0v) is 10.1. The maximum Gasteiger partial charge on any atom is 0.279 e. The summed E-state index contributed by atoms with van der Waals surface area (Å²) < 4.78 is 27.0. The van der Waals surface area contributed by atoms with Crippen LogP contribution in [0.1, 0.15) is 12.8 Å². The van der Waals surface area contributed by atoms with Crippen LogP contribution in [0.3, 0.4) is 0 Å². The van der Waals surface area contributed by atoms with Crippen LogP contribution in [0.15, 0.2) is 0 Å². The number of rotatable bonds is 4. The van der Waals surface area contributed by atoms with Crippen molar-refractivity contribution in [2.24, 2.45) is 5.92 Å². The third-order valence-electron chi connectivity index (χ3n) is 3.07. The van der Waals surface area contributed by atoms with E-state index in [2.05, 4.69) is 10.0 Å². The molecule has 0 bridgehead atoms. The molecule has 0 spiro atoms. The topological polar surface area (TPSA) is 78.5 Å². The van der Waals surface area contributed by atoms with E-state index in [1.807, 2.05) is 0 Å². The number of hydrogen-bond donors (Lipinski definition) is 2. The second-order valence-corrected chi connectivity index (χ2v) is 6.04. The van der Waals surface area contributed by atoms with E-state index in [9.17, 15) is 13.2 Å². The molecule has 0 aromatic rings. The monoisotopic (exact) mass is 247 g/mol. The minimum Gasteiger partial charge on any atom is -0.313 e. The molecule has 1 saturated carbocycles. The Morgan fingerprint density at radius 1 is 1.44 bits per heavy atom. The van der Waals surface area contributed by atoms with Crippen molar-refractivity contribution in [3.63, 3.8) is 0 Å². The number of carbonyl (C=O) groups is 1. The normalized spacial score (nSPS) is 27.9. The van der Waals surface area contributed by atoms with Gasteiger partial charge in [0.1, 0.15) is 0 Å². The van der Waals surface area contributed by atoms with Crippen molar-refractivity contribution in [3.05, 3.63) is 0 Å². The molecule has 2 rings (SSSR count). The minimum atomic E-state index is -3.50. The van der Waals surface area contributed by atoms with Crippen LogP contribution in [0.2, 0.25) is 0 Å². The first kappa shape index (κ1) is 12.0. The maximum atomic E-state index is 12.0. The first-order valence-electron chi connectivity index (χ1n) is 5.51. The van der Waals surface area contributed by atoms with Gasteiger partial charge < -0.3 is 5.32 Å². The van der Waals surface area contributed by atoms with Crippen LogP contribution in [0.4, 0.5) is 0 Å². The van der Waals surface area contributed by atoms with E-state index in [-0.39, 0.29) is 11.7 Å². The van der Waals surface area contributed by atoms with Crippen molar-refractivity contribution >= 4 is 16.0 Å². The Hall–Kier alpha value is -0.500. The number of ketones is 1. The van der Waals surface area contributed by atoms with Gasteiger partial charge in [-0.15, -0.1) is 0 Å². The molecule has 1 saturated heterocycles. The quantitative estimate of drug-likeness (QED) is 0.647. The van der Waals surface area contributed by atoms with Crippen molar-refractivity contribution < 1.29 is 13.2 Å². The first-order valence-corrected chi connectivity index (χ1v) is 6.95. The zero-order chi connectivity index (χ0) is 11.8. The molecule has 1 aliphatic heterocycles. The largest absolute Gasteiger partial charge is 0.313 e. The molecule has 0 aromatic heterocycles. The molecule has 16 heavy (non-hydrogen) atoms. The lowest BCUT2D eigenvalue weighted by Crippen LogP contribution is -2.59. The van der Waals surface area contributed by atoms with Crippen molar-refractivity contribution in [3.8, 4) is 0 Å². The van der Waals surface area contributed by atoms with Crippen LogP contribution in [-0.4, -0.2) is 51.2 Å². The molecule has 2 fully saturated rings. The number of hydrogen-bond acceptors (Lipinski definition) is 4. The summed E-state index contributed by atoms with van der Waals surface area (Å²) in [6, 6.07) is -0.529. The van der Waals surface area contributed by atoms with Gasteiger partial charge >= 0.3 is 0 Å². The van der Waals surface area contributed by atoms with Crippen LogP contribution in [0.5, 0.6) is 0 Å². The molecular weight excluding hydrogens is 230 g/mol. The van der Waals surface area contributed by atoms with Gasteiger partial charge in [0, 0.05) is 32.6 Å². The summed E-state index contributed by atoms with van der Waals surface area (Å²) in [6.07, 6.45) is 1.81. The van der Waals surface area contributed by atoms with Gasteiger partial charge in [0.2, 0.25) is 0 Å². The van der Waals surface area contributed by atoms with Crippen LogP contribution in [-0.2, 0) is 15.0 Å². The summed E-state index contributed by atoms with van der Waals surface area (Å²) in [5.74, 6) is 0.144. The highest BCUT2D eigenvalue weighted by Crippen LogP contribution is 2.32. The van der Waals surface area contributed by atoms with Crippen molar-refractivity contribution in [1.82, 2.24) is 14.3 Å². The predicted octanol–water partition coefficient (Wildman–Crippen LogP) is -1.30. The van der Waals surface area contributed by atoms with E-state index in [0.29, 0.717) is 19.6 Å². The fourth-order valence-corrected chi connectivity index (χ4v) is 3.05. The summed E-state index contributed by atoms with van der Waals surface area (Å²) in [7, 11) is -2.13. The van der Waals surface area contributed by atoms with Crippen molar-refractivity contribution in [2.45, 2.75) is 18.9 Å². The SMILES string of the molecule is CNS(=O)(=O)N1CCNCC1C(=O)C1CC1. The Kier molecular flexibility index (Phi) is 3.29. The van der Waals surface area contributed by atoms with Gasteiger partial charge in [-0.3, -0.25) is 4.79 Å². The maximum absolute atomic E-state index is 12.0.